The molecule has 3 rings (SSSR count). The van der Waals surface area contributed by atoms with E-state index in [1.54, 1.807) is 13.8 Å². The second-order valence-corrected chi connectivity index (χ2v) is 10.7. The van der Waals surface area contributed by atoms with Crippen LogP contribution in [-0.4, -0.2) is 54.9 Å². The minimum atomic E-state index is -3.88. The van der Waals surface area contributed by atoms with Gasteiger partial charge in [0.05, 0.1) is 16.3 Å². The Kier molecular flexibility index (Phi) is 7.45. The van der Waals surface area contributed by atoms with E-state index in [1.807, 2.05) is 6.92 Å². The number of nitrogens with zero attached hydrogens (tertiary/aromatic N) is 1. The molecule has 1 aromatic heterocycles. The summed E-state index contributed by atoms with van der Waals surface area (Å²) in [5.74, 6) is -1.29. The van der Waals surface area contributed by atoms with Crippen molar-refractivity contribution in [2.75, 3.05) is 19.7 Å². The summed E-state index contributed by atoms with van der Waals surface area (Å²) >= 11 is 6.16. The molecule has 8 nitrogen and oxygen atoms in total. The number of piperidine rings is 1. The number of esters is 1. The largest absolute Gasteiger partial charge is 0.454 e. The van der Waals surface area contributed by atoms with E-state index < -0.39 is 28.4 Å². The first kappa shape index (κ1) is 25.1. The van der Waals surface area contributed by atoms with Crippen LogP contribution in [0.5, 0.6) is 0 Å². The lowest BCUT2D eigenvalue weighted by Crippen LogP contribution is -2.39. The van der Waals surface area contributed by atoms with Gasteiger partial charge < -0.3 is 9.72 Å². The van der Waals surface area contributed by atoms with Crippen LogP contribution in [0.4, 0.5) is 0 Å². The summed E-state index contributed by atoms with van der Waals surface area (Å²) in [4.78, 5) is 39.6. The topological polar surface area (TPSA) is 114 Å². The number of H-pyrrole nitrogens is 1. The fraction of sp³-hybridized carbons (Fsp3) is 0.435. The Morgan fingerprint density at radius 1 is 1.24 bits per heavy atom. The van der Waals surface area contributed by atoms with Crippen molar-refractivity contribution >= 4 is 39.2 Å². The molecule has 1 aromatic carbocycles. The van der Waals surface area contributed by atoms with Gasteiger partial charge in [0, 0.05) is 24.3 Å². The number of carbonyl (C=O) groups excluding carboxylic acids is 3. The molecule has 178 valence electrons. The number of sulfonamides is 1. The molecule has 1 unspecified atom stereocenters. The molecular formula is C23H27ClN2O6S. The number of carbonyl (C=O) groups is 3. The monoisotopic (exact) mass is 494 g/mol. The molecule has 1 atom stereocenters. The van der Waals surface area contributed by atoms with E-state index in [1.165, 1.54) is 29.4 Å². The molecule has 0 aliphatic carbocycles. The molecule has 2 aromatic rings. The minimum absolute atomic E-state index is 0.00935. The molecule has 33 heavy (non-hydrogen) atoms. The standard InChI is InChI=1S/C23H27ClN2O6S/c1-13-6-5-9-26(11-13)33(30,31)20-10-17(7-8-18(20)24)23(29)32-12-19(28)22-14(2)21(16(4)27)15(3)25-22/h7-8,10,13,25H,5-6,9,11-12H2,1-4H3. The van der Waals surface area contributed by atoms with Crippen LogP contribution in [-0.2, 0) is 14.8 Å². The van der Waals surface area contributed by atoms with Crippen molar-refractivity contribution in [3.63, 3.8) is 0 Å². The van der Waals surface area contributed by atoms with Gasteiger partial charge in [0.1, 0.15) is 4.90 Å². The van der Waals surface area contributed by atoms with E-state index in [-0.39, 0.29) is 32.9 Å². The molecule has 1 saturated heterocycles. The molecule has 2 heterocycles. The van der Waals surface area contributed by atoms with Crippen LogP contribution >= 0.6 is 11.6 Å². The molecule has 0 radical (unpaired) electrons. The van der Waals surface area contributed by atoms with E-state index in [0.29, 0.717) is 29.9 Å². The van der Waals surface area contributed by atoms with Crippen LogP contribution in [0.2, 0.25) is 5.02 Å². The van der Waals surface area contributed by atoms with Gasteiger partial charge in [0.15, 0.2) is 12.4 Å². The molecule has 0 spiro atoms. The number of ether oxygens (including phenoxy) is 1. The number of hydrogen-bond acceptors (Lipinski definition) is 6. The van der Waals surface area contributed by atoms with Gasteiger partial charge in [-0.3, -0.25) is 9.59 Å². The highest BCUT2D eigenvalue weighted by Gasteiger charge is 2.31. The molecule has 0 saturated carbocycles. The number of halogens is 1. The number of aromatic nitrogens is 1. The smallest absolute Gasteiger partial charge is 0.338 e. The fourth-order valence-electron chi connectivity index (χ4n) is 4.18. The van der Waals surface area contributed by atoms with Gasteiger partial charge in [-0.25, -0.2) is 13.2 Å². The van der Waals surface area contributed by atoms with Gasteiger partial charge >= 0.3 is 5.97 Å². The van der Waals surface area contributed by atoms with Crippen LogP contribution in [0, 0.1) is 19.8 Å². The normalized spacial score (nSPS) is 17.1. The van der Waals surface area contributed by atoms with E-state index in [0.717, 1.165) is 12.8 Å². The number of rotatable bonds is 7. The number of hydrogen-bond donors (Lipinski definition) is 1. The van der Waals surface area contributed by atoms with Gasteiger partial charge in [-0.2, -0.15) is 4.31 Å². The average Bonchev–Trinajstić information content (AvgIpc) is 3.06. The van der Waals surface area contributed by atoms with E-state index in [2.05, 4.69) is 4.98 Å². The van der Waals surface area contributed by atoms with E-state index >= 15 is 0 Å². The summed E-state index contributed by atoms with van der Waals surface area (Å²) in [6, 6.07) is 3.87. The Labute approximate surface area is 198 Å². The first-order valence-corrected chi connectivity index (χ1v) is 12.5. The number of Topliss-reactive ketones (excluding diaryl/α,β-unsaturated/α-hetero) is 2. The van der Waals surface area contributed by atoms with Crippen molar-refractivity contribution < 1.29 is 27.5 Å². The zero-order valence-electron chi connectivity index (χ0n) is 19.0. The van der Waals surface area contributed by atoms with Gasteiger partial charge in [0.2, 0.25) is 15.8 Å². The number of aryl methyl sites for hydroxylation is 1. The molecule has 1 fully saturated rings. The molecule has 1 aliphatic heterocycles. The average molecular weight is 495 g/mol. The molecule has 0 bridgehead atoms. The summed E-state index contributed by atoms with van der Waals surface area (Å²) in [7, 11) is -3.88. The fourth-order valence-corrected chi connectivity index (χ4v) is 6.27. The number of ketones is 2. The highest BCUT2D eigenvalue weighted by molar-refractivity contribution is 7.89. The van der Waals surface area contributed by atoms with Crippen molar-refractivity contribution in [3.8, 4) is 0 Å². The Bertz CT molecular complexity index is 1220. The van der Waals surface area contributed by atoms with Gasteiger partial charge in [-0.1, -0.05) is 18.5 Å². The third-order valence-corrected chi connectivity index (χ3v) is 8.15. The molecule has 10 heteroatoms. The quantitative estimate of drug-likeness (QED) is 0.460. The van der Waals surface area contributed by atoms with Crippen molar-refractivity contribution in [2.24, 2.45) is 5.92 Å². The third kappa shape index (κ3) is 5.20. The van der Waals surface area contributed by atoms with Gasteiger partial charge in [-0.05, 0) is 63.3 Å². The summed E-state index contributed by atoms with van der Waals surface area (Å²) < 4.78 is 32.7. The SMILES string of the molecule is CC(=O)c1c(C)[nH]c(C(=O)COC(=O)c2ccc(Cl)c(S(=O)(=O)N3CCCC(C)C3)c2)c1C. The first-order chi connectivity index (χ1) is 15.4. The summed E-state index contributed by atoms with van der Waals surface area (Å²) in [6.45, 7) is 6.95. The second-order valence-electron chi connectivity index (χ2n) is 8.44. The second kappa shape index (κ2) is 9.79. The maximum absolute atomic E-state index is 13.1. The number of nitrogens with one attached hydrogen (secondary N) is 1. The maximum atomic E-state index is 13.1. The Hall–Kier alpha value is -2.49. The zero-order valence-corrected chi connectivity index (χ0v) is 20.6. The van der Waals surface area contributed by atoms with Crippen LogP contribution in [0.25, 0.3) is 0 Å². The molecular weight excluding hydrogens is 468 g/mol. The summed E-state index contributed by atoms with van der Waals surface area (Å²) in [5, 5.41) is 0.00935. The first-order valence-electron chi connectivity index (χ1n) is 10.6. The highest BCUT2D eigenvalue weighted by Crippen LogP contribution is 2.29. The van der Waals surface area contributed by atoms with Crippen molar-refractivity contribution in [1.29, 1.82) is 0 Å². The third-order valence-electron chi connectivity index (χ3n) is 5.81. The van der Waals surface area contributed by atoms with E-state index in [9.17, 15) is 22.8 Å². The summed E-state index contributed by atoms with van der Waals surface area (Å²) in [5.41, 5.74) is 1.67. The van der Waals surface area contributed by atoms with Crippen LogP contribution < -0.4 is 0 Å². The Morgan fingerprint density at radius 3 is 2.55 bits per heavy atom. The predicted molar refractivity (Wildman–Crippen MR) is 123 cm³/mol. The predicted octanol–water partition coefficient (Wildman–Crippen LogP) is 3.95. The maximum Gasteiger partial charge on any atom is 0.338 e. The van der Waals surface area contributed by atoms with E-state index in [4.69, 9.17) is 16.3 Å². The number of benzene rings is 1. The summed E-state index contributed by atoms with van der Waals surface area (Å²) in [6.07, 6.45) is 1.71. The zero-order chi connectivity index (χ0) is 24.5. The van der Waals surface area contributed by atoms with Crippen LogP contribution in [0.3, 0.4) is 0 Å². The lowest BCUT2D eigenvalue weighted by atomic mass is 10.0. The van der Waals surface area contributed by atoms with Crippen LogP contribution in [0.15, 0.2) is 23.1 Å². The lowest BCUT2D eigenvalue weighted by molar-refractivity contribution is 0.0473. The number of aromatic amines is 1. The minimum Gasteiger partial charge on any atom is -0.454 e. The van der Waals surface area contributed by atoms with Gasteiger partial charge in [0.25, 0.3) is 0 Å². The van der Waals surface area contributed by atoms with Crippen LogP contribution in [0.1, 0.15) is 69.2 Å². The van der Waals surface area contributed by atoms with Crippen molar-refractivity contribution in [3.05, 3.63) is 51.3 Å². The lowest BCUT2D eigenvalue weighted by Gasteiger charge is -2.30. The van der Waals surface area contributed by atoms with Crippen molar-refractivity contribution in [1.82, 2.24) is 9.29 Å². The molecule has 1 N–H and O–H groups in total. The Balaban J connectivity index is 1.77. The van der Waals surface area contributed by atoms with Crippen molar-refractivity contribution in [2.45, 2.75) is 45.4 Å². The molecule has 0 amide bonds. The molecule has 1 aliphatic rings. The highest BCUT2D eigenvalue weighted by atomic mass is 35.5. The Morgan fingerprint density at radius 2 is 1.94 bits per heavy atom. The van der Waals surface area contributed by atoms with Gasteiger partial charge in [-0.15, -0.1) is 0 Å².